The fraction of sp³-hybridized carbons (Fsp3) is 1.00. The maximum atomic E-state index is 6.28. The summed E-state index contributed by atoms with van der Waals surface area (Å²) in [6.45, 7) is 8.50. The second kappa shape index (κ2) is 18.9. The third kappa shape index (κ3) is 13.2. The van der Waals surface area contributed by atoms with E-state index in [4.69, 9.17) is 9.31 Å². The van der Waals surface area contributed by atoms with E-state index in [-0.39, 0.29) is 7.12 Å². The summed E-state index contributed by atoms with van der Waals surface area (Å²) in [4.78, 5) is 0. The monoisotopic (exact) mass is 395 g/mol. The van der Waals surface area contributed by atoms with Crippen LogP contribution in [0.5, 0.6) is 0 Å². The Kier molecular flexibility index (Phi) is 17.6. The first-order chi connectivity index (χ1) is 13.8. The molecule has 2 atom stereocenters. The molecule has 1 saturated heterocycles. The van der Waals surface area contributed by atoms with Crippen LogP contribution in [0.2, 0.25) is 6.32 Å². The zero-order chi connectivity index (χ0) is 20.3. The number of likely N-dealkylation sites (N-methyl/N-ethyl adjacent to an activating group) is 1. The van der Waals surface area contributed by atoms with Crippen molar-refractivity contribution in [3.8, 4) is 0 Å². The van der Waals surface area contributed by atoms with Gasteiger partial charge in [-0.1, -0.05) is 117 Å². The Balaban J connectivity index is 2.00. The van der Waals surface area contributed by atoms with Crippen LogP contribution in [0.25, 0.3) is 0 Å². The molecule has 0 bridgehead atoms. The molecule has 2 unspecified atom stereocenters. The highest BCUT2D eigenvalue weighted by Gasteiger charge is 2.33. The second-order valence-electron chi connectivity index (χ2n) is 8.78. The van der Waals surface area contributed by atoms with E-state index in [1.54, 1.807) is 0 Å². The highest BCUT2D eigenvalue weighted by atomic mass is 16.6. The third-order valence-corrected chi connectivity index (χ3v) is 6.09. The lowest BCUT2D eigenvalue weighted by Gasteiger charge is -2.36. The van der Waals surface area contributed by atoms with Crippen LogP contribution in [0.3, 0.4) is 0 Å². The molecule has 1 rings (SSSR count). The molecule has 0 aromatic heterocycles. The van der Waals surface area contributed by atoms with Crippen molar-refractivity contribution in [3.63, 3.8) is 0 Å². The topological polar surface area (TPSA) is 30.5 Å². The summed E-state index contributed by atoms with van der Waals surface area (Å²) >= 11 is 0. The molecule has 0 spiro atoms. The molecule has 0 aromatic carbocycles. The normalized spacial score (nSPS) is 20.0. The average Bonchev–Trinajstić information content (AvgIpc) is 2.71. The van der Waals surface area contributed by atoms with E-state index in [0.717, 1.165) is 19.5 Å². The predicted molar refractivity (Wildman–Crippen MR) is 124 cm³/mol. The van der Waals surface area contributed by atoms with Gasteiger partial charge in [0.25, 0.3) is 0 Å². The van der Waals surface area contributed by atoms with Crippen molar-refractivity contribution < 1.29 is 9.31 Å². The lowest BCUT2D eigenvalue weighted by molar-refractivity contribution is 0.0275. The number of hydrogen-bond acceptors (Lipinski definition) is 3. The van der Waals surface area contributed by atoms with Gasteiger partial charge in [-0.25, -0.2) is 0 Å². The van der Waals surface area contributed by atoms with Crippen LogP contribution in [-0.4, -0.2) is 32.4 Å². The van der Waals surface area contributed by atoms with Gasteiger partial charge in [0.1, 0.15) is 0 Å². The summed E-state index contributed by atoms with van der Waals surface area (Å²) in [7, 11) is 0.0295. The van der Waals surface area contributed by atoms with Gasteiger partial charge < -0.3 is 14.6 Å². The lowest BCUT2D eigenvalue weighted by atomic mass is 9.79. The van der Waals surface area contributed by atoms with Crippen molar-refractivity contribution >= 4 is 7.12 Å². The molecule has 1 aliphatic heterocycles. The molecule has 0 aromatic rings. The molecule has 0 amide bonds. The molecule has 0 radical (unpaired) electrons. The molecule has 1 fully saturated rings. The molecular formula is C24H50BNO2. The third-order valence-electron chi connectivity index (χ3n) is 6.09. The van der Waals surface area contributed by atoms with Crippen LogP contribution in [0.1, 0.15) is 124 Å². The van der Waals surface area contributed by atoms with Crippen LogP contribution in [-0.2, 0) is 9.31 Å². The minimum Gasteiger partial charge on any atom is -0.409 e. The van der Waals surface area contributed by atoms with Gasteiger partial charge >= 0.3 is 7.12 Å². The summed E-state index contributed by atoms with van der Waals surface area (Å²) in [6.07, 6.45) is 23.4. The summed E-state index contributed by atoms with van der Waals surface area (Å²) < 4.78 is 12.2. The first-order valence-electron chi connectivity index (χ1n) is 12.8. The molecule has 1 N–H and O–H groups in total. The SMILES string of the molecule is CCCCCCCCCCCCCCCC1OB(CCCC)OCC1NCC. The first kappa shape index (κ1) is 26.0. The Morgan fingerprint density at radius 2 is 1.25 bits per heavy atom. The average molecular weight is 395 g/mol. The van der Waals surface area contributed by atoms with E-state index in [1.165, 1.54) is 103 Å². The van der Waals surface area contributed by atoms with E-state index in [1.807, 2.05) is 0 Å². The van der Waals surface area contributed by atoms with Gasteiger partial charge in [0.15, 0.2) is 0 Å². The maximum absolute atomic E-state index is 6.28. The lowest BCUT2D eigenvalue weighted by Crippen LogP contribution is -2.52. The zero-order valence-corrected chi connectivity index (χ0v) is 19.5. The number of rotatable bonds is 19. The summed E-state index contributed by atoms with van der Waals surface area (Å²) in [5, 5.41) is 3.56. The molecule has 1 heterocycles. The Labute approximate surface area is 177 Å². The first-order valence-corrected chi connectivity index (χ1v) is 12.8. The highest BCUT2D eigenvalue weighted by Crippen LogP contribution is 2.21. The number of nitrogens with one attached hydrogen (secondary N) is 1. The maximum Gasteiger partial charge on any atom is 0.457 e. The molecule has 0 saturated carbocycles. The van der Waals surface area contributed by atoms with E-state index in [0.29, 0.717) is 12.1 Å². The van der Waals surface area contributed by atoms with E-state index in [2.05, 4.69) is 26.1 Å². The van der Waals surface area contributed by atoms with Crippen LogP contribution < -0.4 is 5.32 Å². The Morgan fingerprint density at radius 1 is 0.714 bits per heavy atom. The summed E-state index contributed by atoms with van der Waals surface area (Å²) in [5.41, 5.74) is 0. The molecule has 1 aliphatic rings. The Hall–Kier alpha value is -0.0551. The fourth-order valence-electron chi connectivity index (χ4n) is 4.25. The van der Waals surface area contributed by atoms with E-state index < -0.39 is 0 Å². The molecule has 3 nitrogen and oxygen atoms in total. The molecule has 4 heteroatoms. The van der Waals surface area contributed by atoms with Crippen molar-refractivity contribution in [3.05, 3.63) is 0 Å². The minimum absolute atomic E-state index is 0.0295. The zero-order valence-electron chi connectivity index (χ0n) is 19.5. The summed E-state index contributed by atoms with van der Waals surface area (Å²) in [6, 6.07) is 0.375. The van der Waals surface area contributed by atoms with Crippen LogP contribution in [0.4, 0.5) is 0 Å². The van der Waals surface area contributed by atoms with Crippen molar-refractivity contribution in [1.29, 1.82) is 0 Å². The largest absolute Gasteiger partial charge is 0.457 e. The van der Waals surface area contributed by atoms with Gasteiger partial charge in [0.2, 0.25) is 0 Å². The Morgan fingerprint density at radius 3 is 1.79 bits per heavy atom. The van der Waals surface area contributed by atoms with Gasteiger partial charge in [0, 0.05) is 6.61 Å². The highest BCUT2D eigenvalue weighted by molar-refractivity contribution is 6.44. The standard InChI is InChI=1S/C24H50BNO2/c1-4-7-9-10-11-12-13-14-15-16-17-18-19-20-24-23(26-6-3)22-27-25(28-24)21-8-5-2/h23-24,26H,4-22H2,1-3H3. The van der Waals surface area contributed by atoms with Gasteiger partial charge in [-0.2, -0.15) is 0 Å². The summed E-state index contributed by atoms with van der Waals surface area (Å²) in [5.74, 6) is 0. The van der Waals surface area contributed by atoms with Crippen molar-refractivity contribution in [2.24, 2.45) is 0 Å². The van der Waals surface area contributed by atoms with Crippen molar-refractivity contribution in [2.75, 3.05) is 13.2 Å². The molecular weight excluding hydrogens is 345 g/mol. The Bertz CT molecular complexity index is 330. The minimum atomic E-state index is 0.0295. The predicted octanol–water partition coefficient (Wildman–Crippen LogP) is 7.15. The van der Waals surface area contributed by atoms with Crippen molar-refractivity contribution in [2.45, 2.75) is 142 Å². The molecule has 0 aliphatic carbocycles. The van der Waals surface area contributed by atoms with Crippen LogP contribution >= 0.6 is 0 Å². The van der Waals surface area contributed by atoms with Gasteiger partial charge in [-0.05, 0) is 19.3 Å². The van der Waals surface area contributed by atoms with E-state index in [9.17, 15) is 0 Å². The van der Waals surface area contributed by atoms with Crippen LogP contribution in [0.15, 0.2) is 0 Å². The van der Waals surface area contributed by atoms with Gasteiger partial charge in [-0.15, -0.1) is 0 Å². The van der Waals surface area contributed by atoms with Gasteiger partial charge in [-0.3, -0.25) is 0 Å². The van der Waals surface area contributed by atoms with Gasteiger partial charge in [0.05, 0.1) is 12.1 Å². The molecule has 28 heavy (non-hydrogen) atoms. The van der Waals surface area contributed by atoms with Crippen LogP contribution in [0, 0.1) is 0 Å². The van der Waals surface area contributed by atoms with Crippen molar-refractivity contribution in [1.82, 2.24) is 5.32 Å². The number of unbranched alkanes of at least 4 members (excludes halogenated alkanes) is 13. The molecule has 166 valence electrons. The smallest absolute Gasteiger partial charge is 0.409 e. The quantitative estimate of drug-likeness (QED) is 0.186. The number of hydrogen-bond donors (Lipinski definition) is 1. The van der Waals surface area contributed by atoms with E-state index >= 15 is 0 Å². The second-order valence-corrected chi connectivity index (χ2v) is 8.78. The fourth-order valence-corrected chi connectivity index (χ4v) is 4.25.